The molecule has 1 aliphatic carbocycles. The molecule has 6 heteroatoms. The van der Waals surface area contributed by atoms with Crippen molar-refractivity contribution in [2.45, 2.75) is 44.2 Å². The van der Waals surface area contributed by atoms with Gasteiger partial charge < -0.3 is 20.5 Å². The highest BCUT2D eigenvalue weighted by Gasteiger charge is 2.45. The molecule has 2 rings (SSSR count). The Kier molecular flexibility index (Phi) is 3.75. The molecule has 0 spiro atoms. The van der Waals surface area contributed by atoms with E-state index in [9.17, 15) is 9.59 Å². The van der Waals surface area contributed by atoms with Crippen LogP contribution in [0.2, 0.25) is 0 Å². The summed E-state index contributed by atoms with van der Waals surface area (Å²) in [5.41, 5.74) is -1.04. The lowest BCUT2D eigenvalue weighted by Gasteiger charge is -2.38. The molecule has 0 bridgehead atoms. The molecule has 0 aromatic rings. The van der Waals surface area contributed by atoms with Gasteiger partial charge in [0.15, 0.2) is 0 Å². The maximum absolute atomic E-state index is 11.7. The summed E-state index contributed by atoms with van der Waals surface area (Å²) in [6.45, 7) is 3.25. The summed E-state index contributed by atoms with van der Waals surface area (Å²) in [6.07, 6.45) is 2.96. The average Bonchev–Trinajstić information content (AvgIpc) is 2.66. The van der Waals surface area contributed by atoms with Crippen molar-refractivity contribution in [1.82, 2.24) is 10.6 Å². The van der Waals surface area contributed by atoms with Crippen LogP contribution in [0.1, 0.15) is 32.6 Å². The topological polar surface area (TPSA) is 87.7 Å². The third-order valence-corrected chi connectivity index (χ3v) is 4.03. The van der Waals surface area contributed by atoms with E-state index in [1.807, 2.05) is 6.92 Å². The van der Waals surface area contributed by atoms with Gasteiger partial charge in [0.2, 0.25) is 0 Å². The van der Waals surface area contributed by atoms with Gasteiger partial charge in [-0.25, -0.2) is 9.59 Å². The number of carboxylic acid groups (broad SMARTS) is 1. The van der Waals surface area contributed by atoms with E-state index >= 15 is 0 Å². The van der Waals surface area contributed by atoms with Gasteiger partial charge >= 0.3 is 12.0 Å². The normalized spacial score (nSPS) is 29.4. The molecule has 102 valence electrons. The van der Waals surface area contributed by atoms with Gasteiger partial charge in [-0.2, -0.15) is 0 Å². The monoisotopic (exact) mass is 256 g/mol. The van der Waals surface area contributed by atoms with Gasteiger partial charge in [0.05, 0.1) is 6.10 Å². The van der Waals surface area contributed by atoms with E-state index in [1.54, 1.807) is 0 Å². The van der Waals surface area contributed by atoms with Gasteiger partial charge in [-0.3, -0.25) is 0 Å². The minimum Gasteiger partial charge on any atom is -0.480 e. The third kappa shape index (κ3) is 2.58. The number of amides is 2. The highest BCUT2D eigenvalue weighted by Crippen LogP contribution is 2.31. The summed E-state index contributed by atoms with van der Waals surface area (Å²) in [4.78, 5) is 22.8. The first-order valence-electron chi connectivity index (χ1n) is 6.44. The standard InChI is InChI=1S/C12H20N2O4/c1-8-9(3-6-18-8)7-13-11(17)14-12(10(15)16)4-2-5-12/h8-9H,2-7H2,1H3,(H,15,16)(H2,13,14,17). The summed E-state index contributed by atoms with van der Waals surface area (Å²) in [5.74, 6) is -0.626. The SMILES string of the molecule is CC1OCCC1CNC(=O)NC1(C(=O)O)CCC1. The van der Waals surface area contributed by atoms with E-state index in [2.05, 4.69) is 10.6 Å². The Hall–Kier alpha value is -1.30. The minimum absolute atomic E-state index is 0.155. The lowest BCUT2D eigenvalue weighted by molar-refractivity contribution is -0.148. The van der Waals surface area contributed by atoms with E-state index in [-0.39, 0.29) is 6.10 Å². The molecule has 2 aliphatic rings. The zero-order valence-electron chi connectivity index (χ0n) is 10.6. The second-order valence-corrected chi connectivity index (χ2v) is 5.20. The molecular formula is C12H20N2O4. The largest absolute Gasteiger partial charge is 0.480 e. The summed E-state index contributed by atoms with van der Waals surface area (Å²) < 4.78 is 5.40. The van der Waals surface area contributed by atoms with E-state index in [1.165, 1.54) is 0 Å². The summed E-state index contributed by atoms with van der Waals surface area (Å²) in [7, 11) is 0. The van der Waals surface area contributed by atoms with Crippen molar-refractivity contribution in [3.8, 4) is 0 Å². The molecule has 6 nitrogen and oxygen atoms in total. The summed E-state index contributed by atoms with van der Waals surface area (Å²) in [5, 5.41) is 14.4. The van der Waals surface area contributed by atoms with Crippen LogP contribution in [-0.2, 0) is 9.53 Å². The molecule has 1 saturated carbocycles. The molecule has 2 unspecified atom stereocenters. The fourth-order valence-corrected chi connectivity index (χ4v) is 2.45. The Morgan fingerprint density at radius 2 is 2.17 bits per heavy atom. The molecule has 1 saturated heterocycles. The van der Waals surface area contributed by atoms with Gasteiger partial charge in [-0.05, 0) is 32.6 Å². The number of carboxylic acids is 1. The van der Waals surface area contributed by atoms with Crippen molar-refractivity contribution in [2.24, 2.45) is 5.92 Å². The molecule has 1 heterocycles. The molecule has 0 radical (unpaired) electrons. The minimum atomic E-state index is -1.04. The second-order valence-electron chi connectivity index (χ2n) is 5.20. The van der Waals surface area contributed by atoms with Gasteiger partial charge in [0.1, 0.15) is 5.54 Å². The van der Waals surface area contributed by atoms with Crippen LogP contribution in [0, 0.1) is 5.92 Å². The van der Waals surface area contributed by atoms with Crippen molar-refractivity contribution in [3.63, 3.8) is 0 Å². The molecule has 0 aromatic carbocycles. The lowest BCUT2D eigenvalue weighted by Crippen LogP contribution is -2.61. The molecular weight excluding hydrogens is 236 g/mol. The quantitative estimate of drug-likeness (QED) is 0.691. The Morgan fingerprint density at radius 3 is 2.61 bits per heavy atom. The van der Waals surface area contributed by atoms with Crippen molar-refractivity contribution >= 4 is 12.0 Å². The zero-order valence-corrected chi connectivity index (χ0v) is 10.6. The Morgan fingerprint density at radius 1 is 1.44 bits per heavy atom. The zero-order chi connectivity index (χ0) is 13.2. The van der Waals surface area contributed by atoms with E-state index < -0.39 is 17.5 Å². The molecule has 0 aromatic heterocycles. The van der Waals surface area contributed by atoms with Gasteiger partial charge in [0.25, 0.3) is 0 Å². The fraction of sp³-hybridized carbons (Fsp3) is 0.833. The van der Waals surface area contributed by atoms with E-state index in [0.717, 1.165) is 19.4 Å². The van der Waals surface area contributed by atoms with Crippen LogP contribution in [0.25, 0.3) is 0 Å². The predicted molar refractivity (Wildman–Crippen MR) is 64.3 cm³/mol. The number of aliphatic carboxylic acids is 1. The number of ether oxygens (including phenoxy) is 1. The molecule has 1 aliphatic heterocycles. The van der Waals surface area contributed by atoms with Crippen LogP contribution in [-0.4, -0.2) is 41.9 Å². The van der Waals surface area contributed by atoms with Crippen LogP contribution in [0.3, 0.4) is 0 Å². The van der Waals surface area contributed by atoms with E-state index in [4.69, 9.17) is 9.84 Å². The number of carbonyl (C=O) groups excluding carboxylic acids is 1. The Labute approximate surface area is 106 Å². The van der Waals surface area contributed by atoms with Crippen molar-refractivity contribution in [3.05, 3.63) is 0 Å². The Balaban J connectivity index is 1.76. The van der Waals surface area contributed by atoms with Crippen LogP contribution < -0.4 is 10.6 Å². The first-order valence-corrected chi connectivity index (χ1v) is 6.44. The summed E-state index contributed by atoms with van der Waals surface area (Å²) in [6, 6.07) is -0.392. The number of carbonyl (C=O) groups is 2. The smallest absolute Gasteiger partial charge is 0.329 e. The highest BCUT2D eigenvalue weighted by molar-refractivity contribution is 5.87. The van der Waals surface area contributed by atoms with Crippen LogP contribution in [0.15, 0.2) is 0 Å². The van der Waals surface area contributed by atoms with Gasteiger partial charge in [-0.15, -0.1) is 0 Å². The van der Waals surface area contributed by atoms with Crippen LogP contribution in [0.4, 0.5) is 4.79 Å². The summed E-state index contributed by atoms with van der Waals surface area (Å²) >= 11 is 0. The maximum Gasteiger partial charge on any atom is 0.329 e. The number of hydrogen-bond acceptors (Lipinski definition) is 3. The van der Waals surface area contributed by atoms with Crippen molar-refractivity contribution < 1.29 is 19.4 Å². The third-order valence-electron chi connectivity index (χ3n) is 4.03. The number of nitrogens with one attached hydrogen (secondary N) is 2. The van der Waals surface area contributed by atoms with E-state index in [0.29, 0.717) is 25.3 Å². The first-order chi connectivity index (χ1) is 8.53. The highest BCUT2D eigenvalue weighted by atomic mass is 16.5. The van der Waals surface area contributed by atoms with Crippen molar-refractivity contribution in [1.29, 1.82) is 0 Å². The molecule has 2 amide bonds. The molecule has 18 heavy (non-hydrogen) atoms. The fourth-order valence-electron chi connectivity index (χ4n) is 2.45. The molecule has 2 atom stereocenters. The number of rotatable bonds is 4. The molecule has 3 N–H and O–H groups in total. The average molecular weight is 256 g/mol. The second kappa shape index (κ2) is 5.14. The predicted octanol–water partition coefficient (Wildman–Crippen LogP) is 0.718. The van der Waals surface area contributed by atoms with Crippen LogP contribution >= 0.6 is 0 Å². The number of hydrogen-bond donors (Lipinski definition) is 3. The maximum atomic E-state index is 11.7. The first kappa shape index (κ1) is 13.1. The number of urea groups is 1. The molecule has 2 fully saturated rings. The lowest BCUT2D eigenvalue weighted by atomic mass is 9.77. The van der Waals surface area contributed by atoms with Crippen molar-refractivity contribution in [2.75, 3.05) is 13.2 Å². The Bertz CT molecular complexity index is 341. The van der Waals surface area contributed by atoms with Gasteiger partial charge in [-0.1, -0.05) is 0 Å². The van der Waals surface area contributed by atoms with Crippen LogP contribution in [0.5, 0.6) is 0 Å². The van der Waals surface area contributed by atoms with Gasteiger partial charge in [0, 0.05) is 19.1 Å².